The zero-order chi connectivity index (χ0) is 13.0. The number of hydrogen-bond acceptors (Lipinski definition) is 2. The first-order valence-corrected chi connectivity index (χ1v) is 5.89. The Hall–Kier alpha value is -2.21. The minimum absolute atomic E-state index is 0.104. The second-order valence-electron chi connectivity index (χ2n) is 4.10. The molecule has 2 rings (SSSR count). The van der Waals surface area contributed by atoms with Crippen LogP contribution in [0.3, 0.4) is 0 Å². The molecule has 0 bridgehead atoms. The highest BCUT2D eigenvalue weighted by atomic mass is 19.1. The maximum atomic E-state index is 14.1. The van der Waals surface area contributed by atoms with Gasteiger partial charge >= 0.3 is 0 Å². The normalized spacial score (nSPS) is 10.1. The molecule has 0 saturated heterocycles. The molecule has 2 nitrogen and oxygen atoms in total. The molecular formula is C15H13FN2. The minimum atomic E-state index is -0.455. The molecule has 3 heteroatoms. The average Bonchev–Trinajstić information content (AvgIpc) is 2.42. The molecule has 18 heavy (non-hydrogen) atoms. The highest BCUT2D eigenvalue weighted by Gasteiger charge is 2.12. The Morgan fingerprint density at radius 2 is 2.00 bits per heavy atom. The molecule has 0 aliphatic rings. The number of rotatable bonds is 3. The minimum Gasteiger partial charge on any atom is -0.265 e. The molecule has 0 spiro atoms. The van der Waals surface area contributed by atoms with Crippen molar-refractivity contribution in [1.82, 2.24) is 4.98 Å². The predicted octanol–water partition coefficient (Wildman–Crippen LogP) is 3.71. The number of nitrogens with zero attached hydrogens (tertiary/aromatic N) is 2. The number of halogens is 1. The Morgan fingerprint density at radius 1 is 1.28 bits per heavy atom. The van der Waals surface area contributed by atoms with E-state index in [4.69, 9.17) is 5.26 Å². The first-order valence-electron chi connectivity index (χ1n) is 5.89. The maximum absolute atomic E-state index is 14.1. The van der Waals surface area contributed by atoms with E-state index in [1.54, 1.807) is 30.6 Å². The topological polar surface area (TPSA) is 36.7 Å². The molecule has 0 unspecified atom stereocenters. The number of aryl methyl sites for hydroxylation is 1. The standard InChI is InChI=1S/C15H13FN2/c1-2-3-11-8-13(10-17)15(16)14(9-11)12-4-6-18-7-5-12/h4-9H,2-3H2,1H3. The van der Waals surface area contributed by atoms with Crippen LogP contribution >= 0.6 is 0 Å². The number of nitriles is 1. The molecule has 1 aromatic carbocycles. The summed E-state index contributed by atoms with van der Waals surface area (Å²) in [6.07, 6.45) is 5.04. The number of pyridine rings is 1. The number of hydrogen-bond donors (Lipinski definition) is 0. The van der Waals surface area contributed by atoms with E-state index in [1.165, 1.54) is 0 Å². The van der Waals surface area contributed by atoms with E-state index >= 15 is 0 Å². The van der Waals surface area contributed by atoms with Gasteiger partial charge in [0, 0.05) is 18.0 Å². The highest BCUT2D eigenvalue weighted by Crippen LogP contribution is 2.26. The molecule has 0 aliphatic heterocycles. The fourth-order valence-corrected chi connectivity index (χ4v) is 1.94. The summed E-state index contributed by atoms with van der Waals surface area (Å²) in [6, 6.07) is 8.85. The van der Waals surface area contributed by atoms with Gasteiger partial charge in [0.1, 0.15) is 11.9 Å². The maximum Gasteiger partial charge on any atom is 0.148 e. The van der Waals surface area contributed by atoms with E-state index in [9.17, 15) is 4.39 Å². The van der Waals surface area contributed by atoms with Crippen LogP contribution in [0.2, 0.25) is 0 Å². The summed E-state index contributed by atoms with van der Waals surface area (Å²) in [6.45, 7) is 2.06. The summed E-state index contributed by atoms with van der Waals surface area (Å²) in [7, 11) is 0. The molecule has 0 aliphatic carbocycles. The van der Waals surface area contributed by atoms with Crippen molar-refractivity contribution >= 4 is 0 Å². The van der Waals surface area contributed by atoms with E-state index in [0.717, 1.165) is 24.0 Å². The van der Waals surface area contributed by atoms with Crippen LogP contribution in [0, 0.1) is 17.1 Å². The van der Waals surface area contributed by atoms with Crippen molar-refractivity contribution in [2.75, 3.05) is 0 Å². The van der Waals surface area contributed by atoms with Gasteiger partial charge in [-0.25, -0.2) is 4.39 Å². The summed E-state index contributed by atoms with van der Waals surface area (Å²) < 4.78 is 14.1. The van der Waals surface area contributed by atoms with Crippen LogP contribution in [-0.2, 0) is 6.42 Å². The van der Waals surface area contributed by atoms with E-state index in [1.807, 2.05) is 12.1 Å². The second-order valence-corrected chi connectivity index (χ2v) is 4.10. The Balaban J connectivity index is 2.59. The van der Waals surface area contributed by atoms with Crippen LogP contribution in [-0.4, -0.2) is 4.98 Å². The van der Waals surface area contributed by atoms with Crippen molar-refractivity contribution in [2.24, 2.45) is 0 Å². The Labute approximate surface area is 106 Å². The summed E-state index contributed by atoms with van der Waals surface area (Å²) >= 11 is 0. The Kier molecular flexibility index (Phi) is 3.69. The molecule has 0 saturated carbocycles. The lowest BCUT2D eigenvalue weighted by Gasteiger charge is -2.08. The van der Waals surface area contributed by atoms with Gasteiger partial charge < -0.3 is 0 Å². The van der Waals surface area contributed by atoms with Crippen LogP contribution < -0.4 is 0 Å². The van der Waals surface area contributed by atoms with Gasteiger partial charge in [-0.3, -0.25) is 4.98 Å². The lowest BCUT2D eigenvalue weighted by molar-refractivity contribution is 0.626. The molecule has 0 amide bonds. The molecule has 0 atom stereocenters. The zero-order valence-electron chi connectivity index (χ0n) is 10.2. The smallest absolute Gasteiger partial charge is 0.148 e. The molecular weight excluding hydrogens is 227 g/mol. The van der Waals surface area contributed by atoms with E-state index in [2.05, 4.69) is 11.9 Å². The molecule has 1 heterocycles. The van der Waals surface area contributed by atoms with Gasteiger partial charge in [-0.15, -0.1) is 0 Å². The third-order valence-electron chi connectivity index (χ3n) is 2.78. The van der Waals surface area contributed by atoms with Crippen molar-refractivity contribution in [2.45, 2.75) is 19.8 Å². The van der Waals surface area contributed by atoms with Crippen molar-refractivity contribution < 1.29 is 4.39 Å². The number of aromatic nitrogens is 1. The monoisotopic (exact) mass is 240 g/mol. The molecule has 1 aromatic heterocycles. The van der Waals surface area contributed by atoms with Crippen molar-refractivity contribution in [1.29, 1.82) is 5.26 Å². The highest BCUT2D eigenvalue weighted by molar-refractivity contribution is 5.66. The molecule has 0 radical (unpaired) electrons. The van der Waals surface area contributed by atoms with E-state index in [-0.39, 0.29) is 5.56 Å². The predicted molar refractivity (Wildman–Crippen MR) is 68.3 cm³/mol. The summed E-state index contributed by atoms with van der Waals surface area (Å²) in [5.74, 6) is -0.455. The van der Waals surface area contributed by atoms with Crippen molar-refractivity contribution in [3.63, 3.8) is 0 Å². The third-order valence-corrected chi connectivity index (χ3v) is 2.78. The molecule has 90 valence electrons. The Morgan fingerprint density at radius 3 is 2.61 bits per heavy atom. The van der Waals surface area contributed by atoms with Gasteiger partial charge in [-0.1, -0.05) is 13.3 Å². The summed E-state index contributed by atoms with van der Waals surface area (Å²) in [4.78, 5) is 3.91. The average molecular weight is 240 g/mol. The molecule has 0 N–H and O–H groups in total. The van der Waals surface area contributed by atoms with Gasteiger partial charge in [-0.05, 0) is 41.8 Å². The third kappa shape index (κ3) is 2.38. The molecule has 2 aromatic rings. The van der Waals surface area contributed by atoms with Gasteiger partial charge in [0.15, 0.2) is 0 Å². The van der Waals surface area contributed by atoms with Crippen LogP contribution in [0.5, 0.6) is 0 Å². The van der Waals surface area contributed by atoms with Gasteiger partial charge in [0.25, 0.3) is 0 Å². The molecule has 0 fully saturated rings. The summed E-state index contributed by atoms with van der Waals surface area (Å²) in [5.41, 5.74) is 2.31. The quantitative estimate of drug-likeness (QED) is 0.820. The van der Waals surface area contributed by atoms with Crippen LogP contribution in [0.15, 0.2) is 36.7 Å². The summed E-state index contributed by atoms with van der Waals surface area (Å²) in [5, 5.41) is 8.98. The number of benzene rings is 1. The van der Waals surface area contributed by atoms with E-state index in [0.29, 0.717) is 5.56 Å². The fraction of sp³-hybridized carbons (Fsp3) is 0.200. The van der Waals surface area contributed by atoms with Gasteiger partial charge in [-0.2, -0.15) is 5.26 Å². The largest absolute Gasteiger partial charge is 0.265 e. The first-order chi connectivity index (χ1) is 8.76. The van der Waals surface area contributed by atoms with Crippen LogP contribution in [0.4, 0.5) is 4.39 Å². The van der Waals surface area contributed by atoms with Crippen molar-refractivity contribution in [3.8, 4) is 17.2 Å². The SMILES string of the molecule is CCCc1cc(C#N)c(F)c(-c2ccncc2)c1. The van der Waals surface area contributed by atoms with Gasteiger partial charge in [0.05, 0.1) is 5.56 Å². The zero-order valence-corrected chi connectivity index (χ0v) is 10.2. The van der Waals surface area contributed by atoms with Crippen LogP contribution in [0.1, 0.15) is 24.5 Å². The Bertz CT molecular complexity index is 585. The lowest BCUT2D eigenvalue weighted by atomic mass is 9.98. The van der Waals surface area contributed by atoms with E-state index < -0.39 is 5.82 Å². The lowest BCUT2D eigenvalue weighted by Crippen LogP contribution is -1.94. The van der Waals surface area contributed by atoms with Gasteiger partial charge in [0.2, 0.25) is 0 Å². The second kappa shape index (κ2) is 5.42. The fourth-order valence-electron chi connectivity index (χ4n) is 1.94. The first kappa shape index (κ1) is 12.3. The van der Waals surface area contributed by atoms with Crippen molar-refractivity contribution in [3.05, 3.63) is 53.6 Å². The van der Waals surface area contributed by atoms with Crippen LogP contribution in [0.25, 0.3) is 11.1 Å².